The van der Waals surface area contributed by atoms with Gasteiger partial charge >= 0.3 is 11.8 Å². The smallest absolute Gasteiger partial charge is 0.314 e. The molecule has 7 heteroatoms. The Bertz CT molecular complexity index is 493. The van der Waals surface area contributed by atoms with Crippen LogP contribution in [0.2, 0.25) is 0 Å². The van der Waals surface area contributed by atoms with E-state index in [0.29, 0.717) is 6.54 Å². The lowest BCUT2D eigenvalue weighted by Gasteiger charge is -2.02. The lowest BCUT2D eigenvalue weighted by molar-refractivity contribution is -0.136. The van der Waals surface area contributed by atoms with Gasteiger partial charge < -0.3 is 9.84 Å². The topological polar surface area (TPSA) is 84.2 Å². The molecule has 2 aromatic rings. The standard InChI is InChI=1S/C10H9N3O3S/c14-9(11-6-7-2-1-5-17-7)10(15)12-8-3-4-16-13-8/h1-5H,6H2,(H,11,14)(H,12,13,15). The highest BCUT2D eigenvalue weighted by Crippen LogP contribution is 2.07. The molecule has 2 aromatic heterocycles. The highest BCUT2D eigenvalue weighted by molar-refractivity contribution is 7.09. The Morgan fingerprint density at radius 2 is 2.24 bits per heavy atom. The zero-order valence-electron chi connectivity index (χ0n) is 8.67. The van der Waals surface area contributed by atoms with E-state index < -0.39 is 11.8 Å². The zero-order valence-corrected chi connectivity index (χ0v) is 9.49. The molecule has 0 fully saturated rings. The van der Waals surface area contributed by atoms with Crippen molar-refractivity contribution in [2.45, 2.75) is 6.54 Å². The highest BCUT2D eigenvalue weighted by Gasteiger charge is 2.14. The van der Waals surface area contributed by atoms with E-state index in [9.17, 15) is 9.59 Å². The van der Waals surface area contributed by atoms with E-state index in [1.165, 1.54) is 23.7 Å². The van der Waals surface area contributed by atoms with Crippen molar-refractivity contribution in [3.8, 4) is 0 Å². The molecule has 88 valence electrons. The molecule has 0 radical (unpaired) electrons. The Morgan fingerprint density at radius 3 is 2.88 bits per heavy atom. The Morgan fingerprint density at radius 1 is 1.35 bits per heavy atom. The van der Waals surface area contributed by atoms with E-state index in [1.54, 1.807) is 0 Å². The predicted octanol–water partition coefficient (Wildman–Crippen LogP) is 0.991. The first-order valence-electron chi connectivity index (χ1n) is 4.77. The fraction of sp³-hybridized carbons (Fsp3) is 0.100. The lowest BCUT2D eigenvalue weighted by Crippen LogP contribution is -2.34. The number of carbonyl (C=O) groups is 2. The molecule has 0 saturated heterocycles. The normalized spacial score (nSPS) is 9.88. The molecule has 2 rings (SSSR count). The van der Waals surface area contributed by atoms with Gasteiger partial charge in [-0.15, -0.1) is 11.3 Å². The molecule has 0 aliphatic heterocycles. The van der Waals surface area contributed by atoms with Crippen LogP contribution in [0.15, 0.2) is 34.4 Å². The monoisotopic (exact) mass is 251 g/mol. The van der Waals surface area contributed by atoms with Crippen LogP contribution in [0.4, 0.5) is 5.82 Å². The summed E-state index contributed by atoms with van der Waals surface area (Å²) in [6, 6.07) is 5.20. The van der Waals surface area contributed by atoms with Crippen molar-refractivity contribution in [2.75, 3.05) is 5.32 Å². The predicted molar refractivity (Wildman–Crippen MR) is 61.3 cm³/mol. The summed E-state index contributed by atoms with van der Waals surface area (Å²) in [5.74, 6) is -1.27. The van der Waals surface area contributed by atoms with Gasteiger partial charge in [0, 0.05) is 10.9 Å². The van der Waals surface area contributed by atoms with E-state index in [1.807, 2.05) is 17.5 Å². The quantitative estimate of drug-likeness (QED) is 0.797. The van der Waals surface area contributed by atoms with Gasteiger partial charge in [0.1, 0.15) is 6.26 Å². The van der Waals surface area contributed by atoms with Crippen molar-refractivity contribution < 1.29 is 14.1 Å². The second kappa shape index (κ2) is 5.26. The molecule has 0 saturated carbocycles. The van der Waals surface area contributed by atoms with Crippen LogP contribution in [0, 0.1) is 0 Å². The molecule has 0 spiro atoms. The van der Waals surface area contributed by atoms with Crippen LogP contribution >= 0.6 is 11.3 Å². The summed E-state index contributed by atoms with van der Waals surface area (Å²) in [5.41, 5.74) is 0. The van der Waals surface area contributed by atoms with Gasteiger partial charge in [0.2, 0.25) is 0 Å². The van der Waals surface area contributed by atoms with Crippen LogP contribution in [0.1, 0.15) is 4.88 Å². The van der Waals surface area contributed by atoms with Crippen LogP contribution in [-0.4, -0.2) is 17.0 Å². The number of rotatable bonds is 3. The fourth-order valence-corrected chi connectivity index (χ4v) is 1.76. The Hall–Kier alpha value is -2.15. The first kappa shape index (κ1) is 11.3. The highest BCUT2D eigenvalue weighted by atomic mass is 32.1. The number of carbonyl (C=O) groups excluding carboxylic acids is 2. The molecule has 0 aliphatic rings. The number of anilines is 1. The number of hydrogen-bond donors (Lipinski definition) is 2. The van der Waals surface area contributed by atoms with Gasteiger partial charge in [-0.25, -0.2) is 0 Å². The minimum atomic E-state index is -0.768. The Kier molecular flexibility index (Phi) is 3.51. The van der Waals surface area contributed by atoms with E-state index in [-0.39, 0.29) is 5.82 Å². The molecular weight excluding hydrogens is 242 g/mol. The molecule has 2 N–H and O–H groups in total. The maximum atomic E-state index is 11.4. The van der Waals surface area contributed by atoms with Crippen LogP contribution < -0.4 is 10.6 Å². The Balaban J connectivity index is 1.81. The van der Waals surface area contributed by atoms with Crippen LogP contribution in [-0.2, 0) is 16.1 Å². The van der Waals surface area contributed by atoms with Crippen LogP contribution in [0.25, 0.3) is 0 Å². The maximum Gasteiger partial charge on any atom is 0.314 e. The molecule has 0 aliphatic carbocycles. The number of nitrogens with zero attached hydrogens (tertiary/aromatic N) is 1. The minimum Gasteiger partial charge on any atom is -0.363 e. The first-order chi connectivity index (χ1) is 8.25. The van der Waals surface area contributed by atoms with Gasteiger partial charge in [0.05, 0.1) is 6.54 Å². The van der Waals surface area contributed by atoms with Gasteiger partial charge in [0.25, 0.3) is 0 Å². The molecule has 0 unspecified atom stereocenters. The van der Waals surface area contributed by atoms with Crippen molar-refractivity contribution in [1.82, 2.24) is 10.5 Å². The fourth-order valence-electron chi connectivity index (χ4n) is 1.11. The number of aromatic nitrogens is 1. The number of amides is 2. The minimum absolute atomic E-state index is 0.210. The molecule has 17 heavy (non-hydrogen) atoms. The molecule has 0 bridgehead atoms. The van der Waals surface area contributed by atoms with Gasteiger partial charge in [-0.1, -0.05) is 11.2 Å². The average molecular weight is 251 g/mol. The molecular formula is C10H9N3O3S. The lowest BCUT2D eigenvalue weighted by atomic mass is 10.4. The third-order valence-corrected chi connectivity index (χ3v) is 2.77. The summed E-state index contributed by atoms with van der Waals surface area (Å²) < 4.78 is 4.52. The summed E-state index contributed by atoms with van der Waals surface area (Å²) >= 11 is 1.51. The second-order valence-electron chi connectivity index (χ2n) is 3.10. The van der Waals surface area contributed by atoms with Crippen molar-refractivity contribution in [3.05, 3.63) is 34.7 Å². The average Bonchev–Trinajstić information content (AvgIpc) is 2.98. The van der Waals surface area contributed by atoms with Crippen molar-refractivity contribution in [2.24, 2.45) is 0 Å². The molecule has 0 aromatic carbocycles. The summed E-state index contributed by atoms with van der Waals surface area (Å²) in [6.07, 6.45) is 1.30. The molecule has 6 nitrogen and oxygen atoms in total. The van der Waals surface area contributed by atoms with Crippen LogP contribution in [0.3, 0.4) is 0 Å². The number of nitrogens with one attached hydrogen (secondary N) is 2. The number of thiophene rings is 1. The van der Waals surface area contributed by atoms with Crippen molar-refractivity contribution in [1.29, 1.82) is 0 Å². The zero-order chi connectivity index (χ0) is 12.1. The summed E-state index contributed by atoms with van der Waals surface area (Å²) in [5, 5.41) is 10.2. The summed E-state index contributed by atoms with van der Waals surface area (Å²) in [4.78, 5) is 23.7. The van der Waals surface area contributed by atoms with Gasteiger partial charge in [0.15, 0.2) is 5.82 Å². The van der Waals surface area contributed by atoms with E-state index in [4.69, 9.17) is 0 Å². The third-order valence-electron chi connectivity index (χ3n) is 1.89. The summed E-state index contributed by atoms with van der Waals surface area (Å²) in [7, 11) is 0. The van der Waals surface area contributed by atoms with Crippen molar-refractivity contribution >= 4 is 29.0 Å². The molecule has 2 heterocycles. The third kappa shape index (κ3) is 3.15. The molecule has 2 amide bonds. The Labute approximate surface area is 101 Å². The largest absolute Gasteiger partial charge is 0.363 e. The van der Waals surface area contributed by atoms with Gasteiger partial charge in [-0.05, 0) is 11.4 Å². The SMILES string of the molecule is O=C(NCc1cccs1)C(=O)Nc1ccon1. The van der Waals surface area contributed by atoms with Gasteiger partial charge in [-0.2, -0.15) is 0 Å². The van der Waals surface area contributed by atoms with E-state index in [0.717, 1.165) is 4.88 Å². The van der Waals surface area contributed by atoms with E-state index in [2.05, 4.69) is 20.3 Å². The first-order valence-corrected chi connectivity index (χ1v) is 5.65. The number of hydrogen-bond acceptors (Lipinski definition) is 5. The van der Waals surface area contributed by atoms with E-state index >= 15 is 0 Å². The molecule has 0 atom stereocenters. The summed E-state index contributed by atoms with van der Waals surface area (Å²) in [6.45, 7) is 0.336. The van der Waals surface area contributed by atoms with Crippen molar-refractivity contribution in [3.63, 3.8) is 0 Å². The second-order valence-corrected chi connectivity index (χ2v) is 4.13. The van der Waals surface area contributed by atoms with Gasteiger partial charge in [-0.3, -0.25) is 14.9 Å². The maximum absolute atomic E-state index is 11.4. The van der Waals surface area contributed by atoms with Crippen LogP contribution in [0.5, 0.6) is 0 Å².